The smallest absolute Gasteiger partial charge is 0.407 e. The van der Waals surface area contributed by atoms with E-state index >= 15 is 0 Å². The molecule has 0 aliphatic rings. The maximum Gasteiger partial charge on any atom is 0.407 e. The Morgan fingerprint density at radius 1 is 1.26 bits per heavy atom. The molecule has 1 aromatic carbocycles. The summed E-state index contributed by atoms with van der Waals surface area (Å²) >= 11 is 7.25. The highest BCUT2D eigenvalue weighted by Gasteiger charge is 2.26. The van der Waals surface area contributed by atoms with E-state index in [0.717, 1.165) is 10.5 Å². The molecule has 0 bridgehead atoms. The van der Waals surface area contributed by atoms with Crippen molar-refractivity contribution >= 4 is 29.5 Å². The molecule has 0 radical (unpaired) electrons. The molecule has 0 unspecified atom stereocenters. The van der Waals surface area contributed by atoms with Gasteiger partial charge >= 0.3 is 6.09 Å². The molecule has 0 atom stereocenters. The minimum Gasteiger partial charge on any atom is -0.465 e. The third kappa shape index (κ3) is 5.77. The van der Waals surface area contributed by atoms with Gasteiger partial charge in [-0.1, -0.05) is 29.4 Å². The van der Waals surface area contributed by atoms with Crippen molar-refractivity contribution < 1.29 is 14.3 Å². The predicted octanol–water partition coefficient (Wildman–Crippen LogP) is 5.84. The molecule has 3 rings (SSSR count). The lowest BCUT2D eigenvalue weighted by Gasteiger charge is -2.32. The van der Waals surface area contributed by atoms with Crippen LogP contribution in [0.25, 0.3) is 5.69 Å². The summed E-state index contributed by atoms with van der Waals surface area (Å²) in [6, 6.07) is 10.3. The topological polar surface area (TPSA) is 71.2 Å². The zero-order chi connectivity index (χ0) is 22.8. The van der Waals surface area contributed by atoms with Gasteiger partial charge < -0.3 is 10.0 Å². The molecule has 0 aliphatic heterocycles. The number of benzene rings is 1. The summed E-state index contributed by atoms with van der Waals surface area (Å²) in [5.41, 5.74) is 1.27. The molecule has 0 spiro atoms. The van der Waals surface area contributed by atoms with Crippen LogP contribution in [-0.2, 0) is 6.42 Å². The Morgan fingerprint density at radius 2 is 2.00 bits per heavy atom. The van der Waals surface area contributed by atoms with Gasteiger partial charge in [-0.25, -0.2) is 18.9 Å². The first-order valence-corrected chi connectivity index (χ1v) is 10.9. The number of amides is 1. The van der Waals surface area contributed by atoms with Gasteiger partial charge in [0.2, 0.25) is 0 Å². The molecule has 6 nitrogen and oxygen atoms in total. The Morgan fingerprint density at radius 3 is 2.58 bits per heavy atom. The molecule has 1 N–H and O–H groups in total. The van der Waals surface area contributed by atoms with Gasteiger partial charge in [-0.15, -0.1) is 0 Å². The maximum absolute atomic E-state index is 14.7. The Balaban J connectivity index is 1.95. The van der Waals surface area contributed by atoms with Crippen LogP contribution in [0.5, 0.6) is 0 Å². The van der Waals surface area contributed by atoms with Crippen molar-refractivity contribution in [2.45, 2.75) is 49.6 Å². The van der Waals surface area contributed by atoms with E-state index in [1.807, 2.05) is 45.9 Å². The van der Waals surface area contributed by atoms with Gasteiger partial charge in [0.05, 0.1) is 5.69 Å². The highest BCUT2D eigenvalue weighted by atomic mass is 35.5. The lowest BCUT2D eigenvalue weighted by Crippen LogP contribution is -2.45. The molecule has 31 heavy (non-hydrogen) atoms. The fourth-order valence-corrected chi connectivity index (χ4v) is 4.06. The number of nitrogens with zero attached hydrogens (tertiary/aromatic N) is 4. The summed E-state index contributed by atoms with van der Waals surface area (Å²) in [4.78, 5) is 17.9. The summed E-state index contributed by atoms with van der Waals surface area (Å²) in [6.45, 7) is 7.63. The summed E-state index contributed by atoms with van der Waals surface area (Å²) in [5, 5.41) is 15.2. The van der Waals surface area contributed by atoms with Crippen molar-refractivity contribution in [3.63, 3.8) is 0 Å². The summed E-state index contributed by atoms with van der Waals surface area (Å²) in [5.74, 6) is -0.382. The Kier molecular flexibility index (Phi) is 6.91. The largest absolute Gasteiger partial charge is 0.465 e. The molecule has 0 fully saturated rings. The lowest BCUT2D eigenvalue weighted by atomic mass is 10.1. The third-order valence-electron chi connectivity index (χ3n) is 4.61. The zero-order valence-electron chi connectivity index (χ0n) is 17.8. The zero-order valence-corrected chi connectivity index (χ0v) is 19.3. The molecular formula is C22H24ClFN4O2S. The van der Waals surface area contributed by atoms with Gasteiger partial charge in [0, 0.05) is 29.6 Å². The number of hydrogen-bond donors (Lipinski definition) is 1. The fourth-order valence-electron chi connectivity index (χ4n) is 3.05. The van der Waals surface area contributed by atoms with E-state index in [2.05, 4.69) is 10.1 Å². The van der Waals surface area contributed by atoms with Crippen LogP contribution in [-0.4, -0.2) is 42.9 Å². The highest BCUT2D eigenvalue weighted by Crippen LogP contribution is 2.31. The lowest BCUT2D eigenvalue weighted by molar-refractivity contribution is 0.101. The van der Waals surface area contributed by atoms with Gasteiger partial charge in [-0.2, -0.15) is 5.10 Å². The van der Waals surface area contributed by atoms with E-state index in [9.17, 15) is 14.3 Å². The second kappa shape index (κ2) is 9.28. The fraction of sp³-hybridized carbons (Fsp3) is 0.318. The number of halogens is 2. The average Bonchev–Trinajstić information content (AvgIpc) is 3.04. The summed E-state index contributed by atoms with van der Waals surface area (Å²) in [7, 11) is 0. The molecule has 9 heteroatoms. The van der Waals surface area contributed by atoms with Crippen LogP contribution in [0.15, 0.2) is 52.5 Å². The summed E-state index contributed by atoms with van der Waals surface area (Å²) < 4.78 is 16.3. The van der Waals surface area contributed by atoms with Crippen LogP contribution in [0.2, 0.25) is 5.15 Å². The van der Waals surface area contributed by atoms with Crippen molar-refractivity contribution in [2.75, 3.05) is 6.54 Å². The molecule has 164 valence electrons. The standard InChI is InChI=1S/C22H24ClFN4O2S/c1-14-5-7-18(17(24)11-14)28-20(31-16-6-8-19(23)25-13-16)12-15(26-28)9-10-27(21(29)30)22(2,3)4/h5-8,11-13H,9-10H2,1-4H3,(H,29,30). The van der Waals surface area contributed by atoms with E-state index in [1.54, 1.807) is 23.0 Å². The maximum atomic E-state index is 14.7. The van der Waals surface area contributed by atoms with Gasteiger partial charge in [-0.3, -0.25) is 0 Å². The van der Waals surface area contributed by atoms with Gasteiger partial charge in [0.1, 0.15) is 21.7 Å². The molecule has 2 heterocycles. The first-order valence-electron chi connectivity index (χ1n) is 9.70. The number of rotatable bonds is 6. The number of aromatic nitrogens is 3. The first kappa shape index (κ1) is 23.1. The van der Waals surface area contributed by atoms with Crippen LogP contribution >= 0.6 is 23.4 Å². The van der Waals surface area contributed by atoms with E-state index in [4.69, 9.17) is 11.6 Å². The van der Waals surface area contributed by atoms with Crippen LogP contribution < -0.4 is 0 Å². The molecule has 2 aromatic heterocycles. The van der Waals surface area contributed by atoms with Crippen molar-refractivity contribution in [3.8, 4) is 5.69 Å². The van der Waals surface area contributed by atoms with Crippen LogP contribution in [0, 0.1) is 12.7 Å². The van der Waals surface area contributed by atoms with E-state index < -0.39 is 11.6 Å². The van der Waals surface area contributed by atoms with Crippen molar-refractivity contribution in [3.05, 3.63) is 64.8 Å². The highest BCUT2D eigenvalue weighted by molar-refractivity contribution is 7.99. The molecule has 0 saturated heterocycles. The van der Waals surface area contributed by atoms with E-state index in [0.29, 0.717) is 28.0 Å². The Labute approximate surface area is 190 Å². The molecule has 0 saturated carbocycles. The molecule has 3 aromatic rings. The monoisotopic (exact) mass is 462 g/mol. The van der Waals surface area contributed by atoms with E-state index in [-0.39, 0.29) is 12.4 Å². The number of aryl methyl sites for hydroxylation is 1. The number of carboxylic acid groups (broad SMARTS) is 1. The average molecular weight is 463 g/mol. The minimum atomic E-state index is -0.988. The first-order chi connectivity index (χ1) is 14.5. The van der Waals surface area contributed by atoms with E-state index in [1.165, 1.54) is 22.7 Å². The number of hydrogen-bond acceptors (Lipinski definition) is 4. The summed E-state index contributed by atoms with van der Waals surface area (Å²) in [6.07, 6.45) is 1.05. The Bertz CT molecular complexity index is 1080. The SMILES string of the molecule is Cc1ccc(-n2nc(CCN(C(=O)O)C(C)(C)C)cc2Sc2ccc(Cl)nc2)c(F)c1. The normalized spacial score (nSPS) is 11.5. The molecular weight excluding hydrogens is 439 g/mol. The quantitative estimate of drug-likeness (QED) is 0.466. The third-order valence-corrected chi connectivity index (χ3v) is 5.81. The van der Waals surface area contributed by atoms with Crippen LogP contribution in [0.3, 0.4) is 0 Å². The van der Waals surface area contributed by atoms with Crippen molar-refractivity contribution in [1.82, 2.24) is 19.7 Å². The minimum absolute atomic E-state index is 0.277. The van der Waals surface area contributed by atoms with Crippen LogP contribution in [0.4, 0.5) is 9.18 Å². The van der Waals surface area contributed by atoms with Crippen molar-refractivity contribution in [2.24, 2.45) is 0 Å². The van der Waals surface area contributed by atoms with Crippen molar-refractivity contribution in [1.29, 1.82) is 0 Å². The van der Waals surface area contributed by atoms with Gasteiger partial charge in [0.15, 0.2) is 0 Å². The van der Waals surface area contributed by atoms with Crippen LogP contribution in [0.1, 0.15) is 32.0 Å². The van der Waals surface area contributed by atoms with Gasteiger partial charge in [0.25, 0.3) is 0 Å². The second-order valence-electron chi connectivity index (χ2n) is 8.11. The number of pyridine rings is 1. The number of carbonyl (C=O) groups is 1. The van der Waals surface area contributed by atoms with Gasteiger partial charge in [-0.05, 0) is 63.6 Å². The predicted molar refractivity (Wildman–Crippen MR) is 120 cm³/mol. The second-order valence-corrected chi connectivity index (χ2v) is 9.60. The molecule has 1 amide bonds. The Hall–Kier alpha value is -2.58. The molecule has 0 aliphatic carbocycles.